The third-order valence-corrected chi connectivity index (χ3v) is 4.15. The molecule has 0 radical (unpaired) electrons. The van der Waals surface area contributed by atoms with Crippen molar-refractivity contribution in [2.75, 3.05) is 5.32 Å². The highest BCUT2D eigenvalue weighted by Crippen LogP contribution is 2.24. The van der Waals surface area contributed by atoms with Crippen LogP contribution in [0.2, 0.25) is 0 Å². The van der Waals surface area contributed by atoms with Gasteiger partial charge in [0.05, 0.1) is 11.3 Å². The van der Waals surface area contributed by atoms with E-state index in [1.54, 1.807) is 18.3 Å². The monoisotopic (exact) mass is 381 g/mol. The number of pyridine rings is 1. The smallest absolute Gasteiger partial charge is 0.253 e. The molecule has 1 heterocycles. The molecule has 0 unspecified atom stereocenters. The van der Waals surface area contributed by atoms with Crippen LogP contribution in [-0.2, 0) is 6.54 Å². The molecule has 3 rings (SSSR count). The maximum atomic E-state index is 12.2. The van der Waals surface area contributed by atoms with Crippen molar-refractivity contribution in [3.63, 3.8) is 0 Å². The Morgan fingerprint density at radius 2 is 1.71 bits per heavy atom. The fourth-order valence-corrected chi connectivity index (χ4v) is 2.57. The lowest BCUT2D eigenvalue weighted by molar-refractivity contribution is 0.0950. The molecule has 4 nitrogen and oxygen atoms in total. The molecule has 0 fully saturated rings. The Morgan fingerprint density at radius 1 is 0.958 bits per heavy atom. The minimum atomic E-state index is -0.140. The molecule has 0 spiro atoms. The summed E-state index contributed by atoms with van der Waals surface area (Å²) in [5, 5.41) is 6.09. The molecule has 0 aliphatic carbocycles. The third-order valence-electron chi connectivity index (χ3n) is 3.46. The Labute approximate surface area is 149 Å². The summed E-state index contributed by atoms with van der Waals surface area (Å²) in [4.78, 5) is 16.5. The molecule has 1 amide bonds. The molecule has 0 aliphatic rings. The van der Waals surface area contributed by atoms with Crippen molar-refractivity contribution in [2.45, 2.75) is 6.54 Å². The zero-order valence-electron chi connectivity index (χ0n) is 12.9. The van der Waals surface area contributed by atoms with Gasteiger partial charge in [-0.15, -0.1) is 0 Å². The molecule has 2 N–H and O–H groups in total. The molecule has 0 atom stereocenters. The summed E-state index contributed by atoms with van der Waals surface area (Å²) in [6.07, 6.45) is 1.57. The van der Waals surface area contributed by atoms with Crippen molar-refractivity contribution in [3.05, 3.63) is 88.5 Å². The van der Waals surface area contributed by atoms with Crippen molar-refractivity contribution >= 4 is 33.3 Å². The fraction of sp³-hybridized carbons (Fsp3) is 0.0526. The van der Waals surface area contributed by atoms with Gasteiger partial charge in [-0.1, -0.05) is 42.5 Å². The number of hydrogen-bond donors (Lipinski definition) is 2. The number of nitrogens with one attached hydrogen (secondary N) is 2. The first-order valence-electron chi connectivity index (χ1n) is 7.52. The van der Waals surface area contributed by atoms with E-state index in [0.717, 1.165) is 15.7 Å². The molecule has 3 aromatic rings. The number of para-hydroxylation sites is 1. The highest BCUT2D eigenvalue weighted by atomic mass is 79.9. The van der Waals surface area contributed by atoms with Crippen LogP contribution in [0.4, 0.5) is 11.5 Å². The minimum absolute atomic E-state index is 0.140. The number of nitrogens with zero attached hydrogens (tertiary/aromatic N) is 1. The van der Waals surface area contributed by atoms with E-state index in [0.29, 0.717) is 17.9 Å². The van der Waals surface area contributed by atoms with E-state index in [4.69, 9.17) is 0 Å². The summed E-state index contributed by atoms with van der Waals surface area (Å²) in [5.41, 5.74) is 2.51. The van der Waals surface area contributed by atoms with Gasteiger partial charge < -0.3 is 10.6 Å². The Bertz CT molecular complexity index is 820. The van der Waals surface area contributed by atoms with Crippen molar-refractivity contribution in [1.82, 2.24) is 10.3 Å². The first-order valence-corrected chi connectivity index (χ1v) is 8.31. The maximum absolute atomic E-state index is 12.2. The fourth-order valence-electron chi connectivity index (χ4n) is 2.18. The van der Waals surface area contributed by atoms with Crippen molar-refractivity contribution in [3.8, 4) is 0 Å². The summed E-state index contributed by atoms with van der Waals surface area (Å²) >= 11 is 3.48. The van der Waals surface area contributed by atoms with Crippen LogP contribution in [0, 0.1) is 0 Å². The van der Waals surface area contributed by atoms with Crippen LogP contribution in [0.5, 0.6) is 0 Å². The highest BCUT2D eigenvalue weighted by molar-refractivity contribution is 9.10. The highest BCUT2D eigenvalue weighted by Gasteiger charge is 2.06. The normalized spacial score (nSPS) is 10.2. The molecule has 0 aliphatic heterocycles. The quantitative estimate of drug-likeness (QED) is 0.682. The van der Waals surface area contributed by atoms with Crippen LogP contribution < -0.4 is 10.6 Å². The van der Waals surface area contributed by atoms with Gasteiger partial charge in [-0.2, -0.15) is 0 Å². The van der Waals surface area contributed by atoms with Gasteiger partial charge in [0, 0.05) is 17.2 Å². The Morgan fingerprint density at radius 3 is 2.42 bits per heavy atom. The van der Waals surface area contributed by atoms with Crippen LogP contribution >= 0.6 is 15.9 Å². The van der Waals surface area contributed by atoms with Gasteiger partial charge >= 0.3 is 0 Å². The lowest BCUT2D eigenvalue weighted by atomic mass is 10.2. The number of benzene rings is 2. The zero-order valence-corrected chi connectivity index (χ0v) is 14.5. The van der Waals surface area contributed by atoms with E-state index in [1.165, 1.54) is 0 Å². The van der Waals surface area contributed by atoms with E-state index < -0.39 is 0 Å². The first-order chi connectivity index (χ1) is 11.7. The predicted molar refractivity (Wildman–Crippen MR) is 99.3 cm³/mol. The number of amides is 1. The van der Waals surface area contributed by atoms with Crippen LogP contribution in [0.15, 0.2) is 77.4 Å². The van der Waals surface area contributed by atoms with Crippen LogP contribution in [0.3, 0.4) is 0 Å². The second-order valence-electron chi connectivity index (χ2n) is 5.21. The number of rotatable bonds is 5. The summed E-state index contributed by atoms with van der Waals surface area (Å²) in [5.74, 6) is 0.542. The minimum Gasteiger partial charge on any atom is -0.348 e. The summed E-state index contributed by atoms with van der Waals surface area (Å²) in [6.45, 7) is 0.497. The Hall–Kier alpha value is -2.66. The standard InChI is InChI=1S/C19H16BrN3O/c20-16-8-4-5-9-17(16)23-18-11-10-15(13-21-18)19(24)22-12-14-6-2-1-3-7-14/h1-11,13H,12H2,(H,21,23)(H,22,24). The van der Waals surface area contributed by atoms with E-state index >= 15 is 0 Å². The number of halogens is 1. The Balaban J connectivity index is 1.61. The lowest BCUT2D eigenvalue weighted by Gasteiger charge is -2.09. The number of anilines is 2. The van der Waals surface area contributed by atoms with Gasteiger partial charge in [0.2, 0.25) is 0 Å². The third kappa shape index (κ3) is 4.20. The molecule has 24 heavy (non-hydrogen) atoms. The van der Waals surface area contributed by atoms with Crippen molar-refractivity contribution in [1.29, 1.82) is 0 Å². The molecule has 0 saturated heterocycles. The number of carbonyl (C=O) groups is 1. The summed E-state index contributed by atoms with van der Waals surface area (Å²) < 4.78 is 0.955. The largest absolute Gasteiger partial charge is 0.348 e. The van der Waals surface area contributed by atoms with Crippen molar-refractivity contribution in [2.24, 2.45) is 0 Å². The van der Waals surface area contributed by atoms with Crippen LogP contribution in [0.1, 0.15) is 15.9 Å². The molecule has 2 aromatic carbocycles. The van der Waals surface area contributed by atoms with Gasteiger partial charge in [0.25, 0.3) is 5.91 Å². The van der Waals surface area contributed by atoms with Crippen LogP contribution in [-0.4, -0.2) is 10.9 Å². The summed E-state index contributed by atoms with van der Waals surface area (Å²) in [6, 6.07) is 21.1. The van der Waals surface area contributed by atoms with Gasteiger partial charge in [0.15, 0.2) is 0 Å². The molecule has 0 saturated carbocycles. The molecular formula is C19H16BrN3O. The predicted octanol–water partition coefficient (Wildman–Crippen LogP) is 4.52. The topological polar surface area (TPSA) is 54.0 Å². The lowest BCUT2D eigenvalue weighted by Crippen LogP contribution is -2.22. The summed E-state index contributed by atoms with van der Waals surface area (Å²) in [7, 11) is 0. The number of hydrogen-bond acceptors (Lipinski definition) is 3. The average Bonchev–Trinajstić information content (AvgIpc) is 2.63. The van der Waals surface area contributed by atoms with E-state index in [-0.39, 0.29) is 5.91 Å². The van der Waals surface area contributed by atoms with Gasteiger partial charge in [0.1, 0.15) is 5.82 Å². The number of carbonyl (C=O) groups excluding carboxylic acids is 1. The van der Waals surface area contributed by atoms with E-state index in [9.17, 15) is 4.79 Å². The van der Waals surface area contributed by atoms with Gasteiger partial charge in [-0.05, 0) is 45.8 Å². The SMILES string of the molecule is O=C(NCc1ccccc1)c1ccc(Nc2ccccc2Br)nc1. The second kappa shape index (κ2) is 7.75. The van der Waals surface area contributed by atoms with Crippen LogP contribution in [0.25, 0.3) is 0 Å². The van der Waals surface area contributed by atoms with Gasteiger partial charge in [-0.3, -0.25) is 4.79 Å². The maximum Gasteiger partial charge on any atom is 0.253 e. The molecule has 1 aromatic heterocycles. The number of aromatic nitrogens is 1. The Kier molecular flexibility index (Phi) is 5.23. The molecule has 120 valence electrons. The second-order valence-corrected chi connectivity index (χ2v) is 6.06. The molecule has 5 heteroatoms. The first kappa shape index (κ1) is 16.2. The van der Waals surface area contributed by atoms with Gasteiger partial charge in [-0.25, -0.2) is 4.98 Å². The average molecular weight is 382 g/mol. The van der Waals surface area contributed by atoms with E-state index in [2.05, 4.69) is 31.5 Å². The van der Waals surface area contributed by atoms with Crippen molar-refractivity contribution < 1.29 is 4.79 Å². The van der Waals surface area contributed by atoms with E-state index in [1.807, 2.05) is 54.6 Å². The molecule has 0 bridgehead atoms. The zero-order chi connectivity index (χ0) is 16.8. The molecular weight excluding hydrogens is 366 g/mol.